The van der Waals surface area contributed by atoms with Crippen molar-refractivity contribution in [1.82, 2.24) is 0 Å². The van der Waals surface area contributed by atoms with Gasteiger partial charge in [-0.15, -0.1) is 0 Å². The zero-order valence-electron chi connectivity index (χ0n) is 23.5. The first-order valence-corrected chi connectivity index (χ1v) is 12.6. The Morgan fingerprint density at radius 2 is 1.52 bits per heavy atom. The van der Waals surface area contributed by atoms with Crippen LogP contribution in [0.15, 0.2) is 57.7 Å². The molecule has 222 valence electrons. The molecule has 0 aliphatic carbocycles. The van der Waals surface area contributed by atoms with Crippen molar-refractivity contribution in [2.24, 2.45) is 0 Å². The van der Waals surface area contributed by atoms with E-state index in [0.717, 1.165) is 6.07 Å². The third kappa shape index (κ3) is 6.13. The number of hydrogen-bond acceptors (Lipinski definition) is 12. The van der Waals surface area contributed by atoms with Gasteiger partial charge in [0.1, 0.15) is 40.9 Å². The molecule has 4 aromatic rings. The van der Waals surface area contributed by atoms with Crippen molar-refractivity contribution in [3.63, 3.8) is 0 Å². The first kappa shape index (κ1) is 29.9. The van der Waals surface area contributed by atoms with Gasteiger partial charge in [0.05, 0.1) is 21.3 Å². The Balaban J connectivity index is 1.80. The summed E-state index contributed by atoms with van der Waals surface area (Å²) in [5, 5.41) is 30.0. The van der Waals surface area contributed by atoms with E-state index in [1.165, 1.54) is 53.6 Å². The number of phenolic OH excluding ortho intramolecular Hbond substituents is 3. The largest absolute Gasteiger partial charge is 0.508 e. The van der Waals surface area contributed by atoms with Gasteiger partial charge in [0, 0.05) is 37.8 Å². The zero-order chi connectivity index (χ0) is 30.6. The number of esters is 1. The maximum atomic E-state index is 12.8. The van der Waals surface area contributed by atoms with Crippen LogP contribution < -0.4 is 24.4 Å². The predicted octanol–water partition coefficient (Wildman–Crippen LogP) is 4.30. The molecule has 0 aliphatic rings. The standard InChI is InChI=1S/C30H30O12/c1-15(31)40-14-27(29(39-5)16-6-7-19(33)23(8-16)36-2)42-30-25(37-3)9-17(10-26(30)38-4)22-13-21(35)28-20(34)11-18(32)12-24(28)41-22/h6-13,27,29,32-34H,14H2,1-5H3/t27-,29+/m1/s1. The van der Waals surface area contributed by atoms with Crippen LogP contribution in [-0.2, 0) is 14.3 Å². The lowest BCUT2D eigenvalue weighted by Crippen LogP contribution is -2.32. The molecule has 0 saturated heterocycles. The molecule has 0 spiro atoms. The number of carbonyl (C=O) groups excluding carboxylic acids is 1. The van der Waals surface area contributed by atoms with Gasteiger partial charge < -0.3 is 48.2 Å². The lowest BCUT2D eigenvalue weighted by Gasteiger charge is -2.28. The number of ether oxygens (including phenoxy) is 6. The van der Waals surface area contributed by atoms with E-state index >= 15 is 0 Å². The summed E-state index contributed by atoms with van der Waals surface area (Å²) in [5.41, 5.74) is 0.363. The first-order valence-electron chi connectivity index (χ1n) is 12.6. The zero-order valence-corrected chi connectivity index (χ0v) is 23.5. The molecule has 12 heteroatoms. The third-order valence-electron chi connectivity index (χ3n) is 6.38. The molecule has 0 aliphatic heterocycles. The molecule has 0 saturated carbocycles. The predicted molar refractivity (Wildman–Crippen MR) is 150 cm³/mol. The van der Waals surface area contributed by atoms with E-state index in [1.54, 1.807) is 24.3 Å². The molecule has 0 radical (unpaired) electrons. The van der Waals surface area contributed by atoms with Crippen molar-refractivity contribution in [2.45, 2.75) is 19.1 Å². The Bertz CT molecular complexity index is 1630. The van der Waals surface area contributed by atoms with E-state index in [2.05, 4.69) is 0 Å². The van der Waals surface area contributed by atoms with E-state index in [9.17, 15) is 24.9 Å². The molecule has 0 unspecified atom stereocenters. The fourth-order valence-corrected chi connectivity index (χ4v) is 4.44. The van der Waals surface area contributed by atoms with E-state index in [-0.39, 0.29) is 57.8 Å². The molecule has 42 heavy (non-hydrogen) atoms. The minimum absolute atomic E-state index is 0.0260. The SMILES string of the molecule is COc1cc([C@H](OC)[C@@H](COC(C)=O)Oc2c(OC)cc(-c3cc(=O)c4c(O)cc(O)cc4o3)cc2OC)ccc1O. The van der Waals surface area contributed by atoms with Gasteiger partial charge in [0.25, 0.3) is 0 Å². The summed E-state index contributed by atoms with van der Waals surface area (Å²) in [7, 11) is 5.66. The highest BCUT2D eigenvalue weighted by Gasteiger charge is 2.30. The van der Waals surface area contributed by atoms with E-state index in [0.29, 0.717) is 11.1 Å². The Hall–Kier alpha value is -5.10. The van der Waals surface area contributed by atoms with Gasteiger partial charge in [-0.3, -0.25) is 9.59 Å². The van der Waals surface area contributed by atoms with Crippen LogP contribution in [0.25, 0.3) is 22.3 Å². The van der Waals surface area contributed by atoms with Crippen LogP contribution in [0.4, 0.5) is 0 Å². The number of methoxy groups -OCH3 is 4. The van der Waals surface area contributed by atoms with Crippen LogP contribution in [0.5, 0.6) is 40.2 Å². The molecule has 0 bridgehead atoms. The highest BCUT2D eigenvalue weighted by molar-refractivity contribution is 5.86. The number of benzene rings is 3. The second-order valence-corrected chi connectivity index (χ2v) is 9.07. The topological polar surface area (TPSA) is 163 Å². The number of aromatic hydroxyl groups is 3. The number of hydrogen-bond donors (Lipinski definition) is 3. The molecule has 3 aromatic carbocycles. The van der Waals surface area contributed by atoms with E-state index < -0.39 is 29.4 Å². The van der Waals surface area contributed by atoms with Crippen LogP contribution >= 0.6 is 0 Å². The molecule has 2 atom stereocenters. The molecule has 0 amide bonds. The van der Waals surface area contributed by atoms with Gasteiger partial charge in [-0.1, -0.05) is 6.07 Å². The summed E-state index contributed by atoms with van der Waals surface area (Å²) >= 11 is 0. The molecular weight excluding hydrogens is 552 g/mol. The number of carbonyl (C=O) groups is 1. The van der Waals surface area contributed by atoms with Crippen molar-refractivity contribution in [3.8, 4) is 51.6 Å². The fraction of sp³-hybridized carbons (Fsp3) is 0.267. The Kier molecular flexibility index (Phi) is 8.96. The minimum atomic E-state index is -0.939. The van der Waals surface area contributed by atoms with E-state index in [4.69, 9.17) is 32.8 Å². The average Bonchev–Trinajstić information content (AvgIpc) is 2.95. The van der Waals surface area contributed by atoms with Gasteiger partial charge in [-0.25, -0.2) is 0 Å². The maximum Gasteiger partial charge on any atom is 0.302 e. The molecule has 0 fully saturated rings. The summed E-state index contributed by atoms with van der Waals surface area (Å²) in [6, 6.07) is 11.2. The summed E-state index contributed by atoms with van der Waals surface area (Å²) in [5.74, 6) is -0.515. The summed E-state index contributed by atoms with van der Waals surface area (Å²) < 4.78 is 39.6. The van der Waals surface area contributed by atoms with Gasteiger partial charge in [0.2, 0.25) is 5.75 Å². The highest BCUT2D eigenvalue weighted by atomic mass is 16.6. The highest BCUT2D eigenvalue weighted by Crippen LogP contribution is 2.44. The Morgan fingerprint density at radius 1 is 0.857 bits per heavy atom. The van der Waals surface area contributed by atoms with Crippen LogP contribution in [0, 0.1) is 0 Å². The monoisotopic (exact) mass is 582 g/mol. The Morgan fingerprint density at radius 3 is 2.12 bits per heavy atom. The normalized spacial score (nSPS) is 12.4. The lowest BCUT2D eigenvalue weighted by atomic mass is 10.0. The van der Waals surface area contributed by atoms with Crippen LogP contribution in [0.1, 0.15) is 18.6 Å². The molecular formula is C30H30O12. The van der Waals surface area contributed by atoms with Crippen molar-refractivity contribution in [1.29, 1.82) is 0 Å². The number of rotatable bonds is 11. The van der Waals surface area contributed by atoms with E-state index in [1.807, 2.05) is 0 Å². The molecule has 4 rings (SSSR count). The average molecular weight is 583 g/mol. The third-order valence-corrected chi connectivity index (χ3v) is 6.38. The molecule has 3 N–H and O–H groups in total. The molecule has 1 aromatic heterocycles. The van der Waals surface area contributed by atoms with Crippen molar-refractivity contribution < 1.29 is 53.0 Å². The quantitative estimate of drug-likeness (QED) is 0.215. The number of phenols is 3. The summed E-state index contributed by atoms with van der Waals surface area (Å²) in [6.07, 6.45) is -1.75. The van der Waals surface area contributed by atoms with Gasteiger partial charge >= 0.3 is 5.97 Å². The lowest BCUT2D eigenvalue weighted by molar-refractivity contribution is -0.146. The maximum absolute atomic E-state index is 12.8. The summed E-state index contributed by atoms with van der Waals surface area (Å²) in [4.78, 5) is 24.5. The Labute approximate surface area is 240 Å². The summed E-state index contributed by atoms with van der Waals surface area (Å²) in [6.45, 7) is 1.03. The second-order valence-electron chi connectivity index (χ2n) is 9.07. The molecule has 12 nitrogen and oxygen atoms in total. The van der Waals surface area contributed by atoms with Gasteiger partial charge in [-0.2, -0.15) is 0 Å². The van der Waals surface area contributed by atoms with Gasteiger partial charge in [-0.05, 0) is 29.8 Å². The first-order chi connectivity index (χ1) is 20.1. The van der Waals surface area contributed by atoms with Crippen LogP contribution in [-0.4, -0.2) is 62.4 Å². The molecule has 1 heterocycles. The van der Waals surface area contributed by atoms with Crippen molar-refractivity contribution >= 4 is 16.9 Å². The second kappa shape index (κ2) is 12.6. The van der Waals surface area contributed by atoms with Crippen LogP contribution in [0.3, 0.4) is 0 Å². The fourth-order valence-electron chi connectivity index (χ4n) is 4.44. The van der Waals surface area contributed by atoms with Crippen molar-refractivity contribution in [2.75, 3.05) is 35.0 Å². The number of fused-ring (bicyclic) bond motifs is 1. The van der Waals surface area contributed by atoms with Crippen LogP contribution in [0.2, 0.25) is 0 Å². The van der Waals surface area contributed by atoms with Crippen molar-refractivity contribution in [3.05, 3.63) is 64.3 Å². The van der Waals surface area contributed by atoms with Gasteiger partial charge in [0.15, 0.2) is 34.5 Å². The smallest absolute Gasteiger partial charge is 0.302 e. The minimum Gasteiger partial charge on any atom is -0.508 e.